The molecule has 0 spiro atoms. The lowest BCUT2D eigenvalue weighted by Gasteiger charge is -2.20. The van der Waals surface area contributed by atoms with Crippen LogP contribution >= 0.6 is 0 Å². The summed E-state index contributed by atoms with van der Waals surface area (Å²) < 4.78 is 5.50. The van der Waals surface area contributed by atoms with Crippen molar-refractivity contribution in [2.24, 2.45) is 0 Å². The highest BCUT2D eigenvalue weighted by Gasteiger charge is 2.17. The number of rotatable bonds is 9. The van der Waals surface area contributed by atoms with Gasteiger partial charge in [0.25, 0.3) is 5.91 Å². The maximum absolute atomic E-state index is 13.0. The van der Waals surface area contributed by atoms with E-state index in [0.717, 1.165) is 16.8 Å². The van der Waals surface area contributed by atoms with Crippen LogP contribution in [0.2, 0.25) is 0 Å². The lowest BCUT2D eigenvalue weighted by atomic mass is 10.1. The Bertz CT molecular complexity index is 1040. The molecule has 0 aliphatic rings. The second-order valence-corrected chi connectivity index (χ2v) is 7.76. The number of hydrogen-bond acceptors (Lipinski definition) is 4. The minimum absolute atomic E-state index is 0.0725. The molecule has 0 aliphatic carbocycles. The molecule has 3 rings (SSSR count). The van der Waals surface area contributed by atoms with Crippen molar-refractivity contribution < 1.29 is 14.3 Å². The van der Waals surface area contributed by atoms with Crippen LogP contribution in [0.1, 0.15) is 34.5 Å². The first-order valence-electron chi connectivity index (χ1n) is 10.5. The minimum atomic E-state index is -0.275. The summed E-state index contributed by atoms with van der Waals surface area (Å²) in [6.07, 6.45) is 0. The SMILES string of the molecule is CC(NC(=O)c1cc(NC(=O)COCc2ccccc2)ccc1N(C)C)c1ccccc1. The Morgan fingerprint density at radius 1 is 0.938 bits per heavy atom. The average Bonchev–Trinajstić information content (AvgIpc) is 2.80. The summed E-state index contributed by atoms with van der Waals surface area (Å²) in [5, 5.41) is 5.85. The van der Waals surface area contributed by atoms with Crippen molar-refractivity contribution in [2.45, 2.75) is 19.6 Å². The molecule has 166 valence electrons. The smallest absolute Gasteiger partial charge is 0.253 e. The molecule has 0 fully saturated rings. The van der Waals surface area contributed by atoms with Gasteiger partial charge in [-0.15, -0.1) is 0 Å². The summed E-state index contributed by atoms with van der Waals surface area (Å²) >= 11 is 0. The summed E-state index contributed by atoms with van der Waals surface area (Å²) in [6, 6.07) is 24.6. The van der Waals surface area contributed by atoms with Gasteiger partial charge in [-0.2, -0.15) is 0 Å². The van der Waals surface area contributed by atoms with E-state index in [1.54, 1.807) is 12.1 Å². The summed E-state index contributed by atoms with van der Waals surface area (Å²) in [5.74, 6) is -0.482. The van der Waals surface area contributed by atoms with Gasteiger partial charge in [0.05, 0.1) is 18.2 Å². The Morgan fingerprint density at radius 3 is 2.25 bits per heavy atom. The zero-order chi connectivity index (χ0) is 22.9. The van der Waals surface area contributed by atoms with Gasteiger partial charge in [-0.25, -0.2) is 0 Å². The molecule has 2 N–H and O–H groups in total. The normalized spacial score (nSPS) is 11.5. The predicted molar refractivity (Wildman–Crippen MR) is 128 cm³/mol. The number of hydrogen-bond donors (Lipinski definition) is 2. The van der Waals surface area contributed by atoms with E-state index in [9.17, 15) is 9.59 Å². The van der Waals surface area contributed by atoms with Gasteiger partial charge in [0.1, 0.15) is 6.61 Å². The van der Waals surface area contributed by atoms with Gasteiger partial charge in [0, 0.05) is 25.5 Å². The zero-order valence-corrected chi connectivity index (χ0v) is 18.7. The van der Waals surface area contributed by atoms with Gasteiger partial charge >= 0.3 is 0 Å². The third-order valence-electron chi connectivity index (χ3n) is 5.00. The monoisotopic (exact) mass is 431 g/mol. The second kappa shape index (κ2) is 11.1. The minimum Gasteiger partial charge on any atom is -0.377 e. The quantitative estimate of drug-likeness (QED) is 0.527. The summed E-state index contributed by atoms with van der Waals surface area (Å²) in [4.78, 5) is 27.2. The third-order valence-corrected chi connectivity index (χ3v) is 5.00. The number of anilines is 2. The van der Waals surface area contributed by atoms with Crippen molar-refractivity contribution in [3.05, 3.63) is 95.6 Å². The van der Waals surface area contributed by atoms with Crippen LogP contribution in [0.15, 0.2) is 78.9 Å². The van der Waals surface area contributed by atoms with Crippen molar-refractivity contribution in [1.82, 2.24) is 5.32 Å². The molecule has 1 unspecified atom stereocenters. The van der Waals surface area contributed by atoms with Crippen LogP contribution in [0.5, 0.6) is 0 Å². The zero-order valence-electron chi connectivity index (χ0n) is 18.7. The molecule has 0 radical (unpaired) electrons. The first kappa shape index (κ1) is 23.0. The third kappa shape index (κ3) is 6.43. The molecule has 3 aromatic rings. The van der Waals surface area contributed by atoms with Crippen LogP contribution in [0, 0.1) is 0 Å². The Balaban J connectivity index is 1.65. The molecular weight excluding hydrogens is 402 g/mol. The molecule has 6 nitrogen and oxygen atoms in total. The van der Waals surface area contributed by atoms with Crippen molar-refractivity contribution in [3.8, 4) is 0 Å². The van der Waals surface area contributed by atoms with Crippen LogP contribution in [0.25, 0.3) is 0 Å². The van der Waals surface area contributed by atoms with Crippen LogP contribution < -0.4 is 15.5 Å². The van der Waals surface area contributed by atoms with Crippen LogP contribution in [0.4, 0.5) is 11.4 Å². The highest BCUT2D eigenvalue weighted by Crippen LogP contribution is 2.24. The molecule has 0 heterocycles. The Kier molecular flexibility index (Phi) is 8.00. The van der Waals surface area contributed by atoms with Crippen LogP contribution in [-0.2, 0) is 16.1 Å². The molecule has 6 heteroatoms. The van der Waals surface area contributed by atoms with Gasteiger partial charge in [0.15, 0.2) is 0 Å². The predicted octanol–water partition coefficient (Wildman–Crippen LogP) is 4.40. The van der Waals surface area contributed by atoms with Gasteiger partial charge in [-0.05, 0) is 36.2 Å². The standard InChI is InChI=1S/C26H29N3O3/c1-19(21-12-8-5-9-13-21)27-26(31)23-16-22(14-15-24(23)29(2)3)28-25(30)18-32-17-20-10-6-4-7-11-20/h4-16,19H,17-18H2,1-3H3,(H,27,31)(H,28,30). The topological polar surface area (TPSA) is 70.7 Å². The van der Waals surface area contributed by atoms with Crippen LogP contribution in [0.3, 0.4) is 0 Å². The molecule has 0 bridgehead atoms. The van der Waals surface area contributed by atoms with E-state index < -0.39 is 0 Å². The largest absolute Gasteiger partial charge is 0.377 e. The number of benzene rings is 3. The number of nitrogens with zero attached hydrogens (tertiary/aromatic N) is 1. The Labute approximate surface area is 189 Å². The fourth-order valence-corrected chi connectivity index (χ4v) is 3.32. The maximum atomic E-state index is 13.0. The highest BCUT2D eigenvalue weighted by atomic mass is 16.5. The lowest BCUT2D eigenvalue weighted by Crippen LogP contribution is -2.28. The Morgan fingerprint density at radius 2 is 1.59 bits per heavy atom. The maximum Gasteiger partial charge on any atom is 0.253 e. The second-order valence-electron chi connectivity index (χ2n) is 7.76. The number of carbonyl (C=O) groups is 2. The molecule has 32 heavy (non-hydrogen) atoms. The van der Waals surface area contributed by atoms with Gasteiger partial charge in [-0.3, -0.25) is 9.59 Å². The molecule has 1 atom stereocenters. The number of carbonyl (C=O) groups excluding carboxylic acids is 2. The molecule has 0 saturated carbocycles. The van der Waals surface area contributed by atoms with Gasteiger partial charge < -0.3 is 20.3 Å². The number of ether oxygens (including phenoxy) is 1. The Hall–Kier alpha value is -3.64. The molecule has 0 saturated heterocycles. The highest BCUT2D eigenvalue weighted by molar-refractivity contribution is 6.02. The molecular formula is C26H29N3O3. The van der Waals surface area contributed by atoms with E-state index in [-0.39, 0.29) is 24.5 Å². The van der Waals surface area contributed by atoms with Crippen molar-refractivity contribution in [2.75, 3.05) is 30.9 Å². The summed E-state index contributed by atoms with van der Waals surface area (Å²) in [7, 11) is 3.75. The van der Waals surface area contributed by atoms with E-state index in [0.29, 0.717) is 17.9 Å². The summed E-state index contributed by atoms with van der Waals surface area (Å²) in [5.41, 5.74) is 3.82. The fourth-order valence-electron chi connectivity index (χ4n) is 3.32. The number of amides is 2. The first-order valence-corrected chi connectivity index (χ1v) is 10.5. The van der Waals surface area contributed by atoms with Gasteiger partial charge in [-0.1, -0.05) is 60.7 Å². The van der Waals surface area contributed by atoms with E-state index in [1.165, 1.54) is 0 Å². The van der Waals surface area contributed by atoms with Crippen molar-refractivity contribution in [3.63, 3.8) is 0 Å². The van der Waals surface area contributed by atoms with Crippen molar-refractivity contribution in [1.29, 1.82) is 0 Å². The van der Waals surface area contributed by atoms with Crippen LogP contribution in [-0.4, -0.2) is 32.5 Å². The van der Waals surface area contributed by atoms with Gasteiger partial charge in [0.2, 0.25) is 5.91 Å². The molecule has 3 aromatic carbocycles. The fraction of sp³-hybridized carbons (Fsp3) is 0.231. The molecule has 2 amide bonds. The van der Waals surface area contributed by atoms with E-state index in [1.807, 2.05) is 92.6 Å². The molecule has 0 aromatic heterocycles. The summed E-state index contributed by atoms with van der Waals surface area (Å²) in [6.45, 7) is 2.23. The van der Waals surface area contributed by atoms with E-state index in [2.05, 4.69) is 10.6 Å². The lowest BCUT2D eigenvalue weighted by molar-refractivity contribution is -0.121. The van der Waals surface area contributed by atoms with E-state index in [4.69, 9.17) is 4.74 Å². The number of nitrogens with one attached hydrogen (secondary N) is 2. The first-order chi connectivity index (χ1) is 15.4. The average molecular weight is 432 g/mol. The van der Waals surface area contributed by atoms with Crippen molar-refractivity contribution >= 4 is 23.2 Å². The molecule has 0 aliphatic heterocycles. The van der Waals surface area contributed by atoms with E-state index >= 15 is 0 Å².